The molecule has 118 valence electrons. The van der Waals surface area contributed by atoms with Crippen molar-refractivity contribution in [3.05, 3.63) is 29.8 Å². The van der Waals surface area contributed by atoms with Crippen LogP contribution in [-0.2, 0) is 19.8 Å². The van der Waals surface area contributed by atoms with E-state index < -0.39 is 23.3 Å². The predicted molar refractivity (Wildman–Crippen MR) is 81.2 cm³/mol. The largest absolute Gasteiger partial charge is 0.348 e. The van der Waals surface area contributed by atoms with Gasteiger partial charge in [0.15, 0.2) is 0 Å². The van der Waals surface area contributed by atoms with Gasteiger partial charge in [0.2, 0.25) is 5.91 Å². The summed E-state index contributed by atoms with van der Waals surface area (Å²) in [5.41, 5.74) is 0.511. The molecule has 0 radical (unpaired) electrons. The number of amides is 3. The monoisotopic (exact) mass is 312 g/mol. The summed E-state index contributed by atoms with van der Waals surface area (Å²) < 4.78 is 0. The van der Waals surface area contributed by atoms with Crippen LogP contribution >= 0.6 is 0 Å². The molecule has 1 aromatic carbocycles. The molecule has 3 rings (SSSR count). The number of carbonyl (C=O) groups is 3. The summed E-state index contributed by atoms with van der Waals surface area (Å²) in [6, 6.07) is 8.47. The molecular weight excluding hydrogens is 296 g/mol. The molecule has 2 aliphatic heterocycles. The molecule has 1 spiro atoms. The highest BCUT2D eigenvalue weighted by molar-refractivity contribution is 6.35. The van der Waals surface area contributed by atoms with E-state index in [-0.39, 0.29) is 18.9 Å². The molecule has 7 nitrogen and oxygen atoms in total. The maximum absolute atomic E-state index is 12.5. The summed E-state index contributed by atoms with van der Waals surface area (Å²) in [7, 11) is 0. The molecule has 0 aliphatic carbocycles. The van der Waals surface area contributed by atoms with E-state index in [1.54, 1.807) is 13.0 Å². The van der Waals surface area contributed by atoms with Crippen molar-refractivity contribution in [2.45, 2.75) is 24.8 Å². The number of anilines is 1. The predicted octanol–water partition coefficient (Wildman–Crippen LogP) is 0.137. The van der Waals surface area contributed by atoms with Gasteiger partial charge >= 0.3 is 11.8 Å². The fourth-order valence-electron chi connectivity index (χ4n) is 3.33. The van der Waals surface area contributed by atoms with Crippen LogP contribution in [0.4, 0.5) is 5.69 Å². The molecular formula is C16H16N4O3. The molecule has 1 fully saturated rings. The quantitative estimate of drug-likeness (QED) is 0.720. The number of nitrogens with one attached hydrogen (secondary N) is 2. The second-order valence-corrected chi connectivity index (χ2v) is 5.72. The van der Waals surface area contributed by atoms with Gasteiger partial charge in [-0.15, -0.1) is 0 Å². The fourth-order valence-corrected chi connectivity index (χ4v) is 3.33. The molecule has 2 N–H and O–H groups in total. The van der Waals surface area contributed by atoms with E-state index in [1.165, 1.54) is 4.90 Å². The van der Waals surface area contributed by atoms with E-state index in [0.717, 1.165) is 5.56 Å². The van der Waals surface area contributed by atoms with Gasteiger partial charge in [0.1, 0.15) is 6.04 Å². The van der Waals surface area contributed by atoms with Crippen molar-refractivity contribution in [2.24, 2.45) is 0 Å². The highest BCUT2D eigenvalue weighted by Crippen LogP contribution is 2.46. The molecule has 1 aromatic rings. The highest BCUT2D eigenvalue weighted by atomic mass is 16.2. The van der Waals surface area contributed by atoms with Crippen molar-refractivity contribution in [3.63, 3.8) is 0 Å². The summed E-state index contributed by atoms with van der Waals surface area (Å²) in [5.74, 6) is -1.76. The molecule has 0 aromatic heterocycles. The number of likely N-dealkylation sites (tertiary alicyclic amines) is 1. The Morgan fingerprint density at radius 3 is 2.91 bits per heavy atom. The SMILES string of the molecule is CCNC(=O)C(=O)N1C[C@]2(C[C@H]1C#N)C(=O)Nc1ccccc12. The van der Waals surface area contributed by atoms with Gasteiger partial charge in [0, 0.05) is 25.2 Å². The Morgan fingerprint density at radius 1 is 1.48 bits per heavy atom. The van der Waals surface area contributed by atoms with Gasteiger partial charge in [-0.1, -0.05) is 18.2 Å². The Bertz CT molecular complexity index is 739. The number of rotatable bonds is 1. The lowest BCUT2D eigenvalue weighted by Gasteiger charge is -2.22. The smallest absolute Gasteiger partial charge is 0.312 e. The van der Waals surface area contributed by atoms with Gasteiger partial charge in [-0.05, 0) is 18.6 Å². The molecule has 2 atom stereocenters. The third kappa shape index (κ3) is 2.14. The summed E-state index contributed by atoms with van der Waals surface area (Å²) in [5, 5.41) is 14.6. The number of fused-ring (bicyclic) bond motifs is 2. The van der Waals surface area contributed by atoms with Crippen molar-refractivity contribution in [1.29, 1.82) is 5.26 Å². The molecule has 7 heteroatoms. The van der Waals surface area contributed by atoms with Crippen LogP contribution < -0.4 is 10.6 Å². The number of nitrogens with zero attached hydrogens (tertiary/aromatic N) is 2. The van der Waals surface area contributed by atoms with Crippen LogP contribution in [-0.4, -0.2) is 41.8 Å². The lowest BCUT2D eigenvalue weighted by molar-refractivity contribution is -0.146. The first kappa shape index (κ1) is 15.0. The van der Waals surface area contributed by atoms with E-state index in [9.17, 15) is 19.6 Å². The average Bonchev–Trinajstić information content (AvgIpc) is 3.07. The molecule has 1 saturated heterocycles. The number of benzene rings is 1. The minimum absolute atomic E-state index is 0.0318. The number of carbonyl (C=O) groups excluding carboxylic acids is 3. The Kier molecular flexibility index (Phi) is 3.52. The van der Waals surface area contributed by atoms with Crippen LogP contribution in [0.15, 0.2) is 24.3 Å². The molecule has 0 unspecified atom stereocenters. The van der Waals surface area contributed by atoms with Crippen LogP contribution in [0.25, 0.3) is 0 Å². The van der Waals surface area contributed by atoms with Crippen LogP contribution in [0.3, 0.4) is 0 Å². The van der Waals surface area contributed by atoms with Crippen molar-refractivity contribution in [3.8, 4) is 6.07 Å². The summed E-state index contributed by atoms with van der Waals surface area (Å²) in [4.78, 5) is 37.8. The van der Waals surface area contributed by atoms with E-state index in [0.29, 0.717) is 12.2 Å². The lowest BCUT2D eigenvalue weighted by Crippen LogP contribution is -2.46. The number of hydrogen-bond acceptors (Lipinski definition) is 4. The van der Waals surface area contributed by atoms with E-state index in [2.05, 4.69) is 10.6 Å². The van der Waals surface area contributed by atoms with Gasteiger partial charge in [-0.2, -0.15) is 5.26 Å². The van der Waals surface area contributed by atoms with Gasteiger partial charge < -0.3 is 15.5 Å². The molecule has 2 aliphatic rings. The first-order chi connectivity index (χ1) is 11.0. The highest BCUT2D eigenvalue weighted by Gasteiger charge is 2.56. The average molecular weight is 312 g/mol. The summed E-state index contributed by atoms with van der Waals surface area (Å²) >= 11 is 0. The zero-order valence-corrected chi connectivity index (χ0v) is 12.6. The Morgan fingerprint density at radius 2 is 2.22 bits per heavy atom. The second-order valence-electron chi connectivity index (χ2n) is 5.72. The zero-order valence-electron chi connectivity index (χ0n) is 12.6. The second kappa shape index (κ2) is 5.39. The van der Waals surface area contributed by atoms with Gasteiger partial charge in [0.05, 0.1) is 11.5 Å². The van der Waals surface area contributed by atoms with Crippen molar-refractivity contribution < 1.29 is 14.4 Å². The first-order valence-electron chi connectivity index (χ1n) is 7.43. The van der Waals surface area contributed by atoms with Gasteiger partial charge in [-0.3, -0.25) is 14.4 Å². The van der Waals surface area contributed by atoms with Crippen molar-refractivity contribution >= 4 is 23.4 Å². The molecule has 0 saturated carbocycles. The van der Waals surface area contributed by atoms with E-state index in [1.807, 2.05) is 24.3 Å². The van der Waals surface area contributed by atoms with E-state index in [4.69, 9.17) is 0 Å². The third-order valence-corrected chi connectivity index (χ3v) is 4.43. The molecule has 23 heavy (non-hydrogen) atoms. The van der Waals surface area contributed by atoms with Crippen molar-refractivity contribution in [1.82, 2.24) is 10.2 Å². The molecule has 3 amide bonds. The number of para-hydroxylation sites is 1. The lowest BCUT2D eigenvalue weighted by atomic mass is 9.80. The Balaban J connectivity index is 1.96. The van der Waals surface area contributed by atoms with E-state index >= 15 is 0 Å². The summed E-state index contributed by atoms with van der Waals surface area (Å²) in [6.07, 6.45) is 0.192. The zero-order chi connectivity index (χ0) is 16.6. The maximum Gasteiger partial charge on any atom is 0.312 e. The number of nitriles is 1. The van der Waals surface area contributed by atoms with Crippen LogP contribution in [0.1, 0.15) is 18.9 Å². The fraction of sp³-hybridized carbons (Fsp3) is 0.375. The van der Waals surface area contributed by atoms with Crippen LogP contribution in [0.2, 0.25) is 0 Å². The first-order valence-corrected chi connectivity index (χ1v) is 7.43. The van der Waals surface area contributed by atoms with Gasteiger partial charge in [-0.25, -0.2) is 0 Å². The summed E-state index contributed by atoms with van der Waals surface area (Å²) in [6.45, 7) is 2.06. The van der Waals surface area contributed by atoms with Crippen LogP contribution in [0, 0.1) is 11.3 Å². The van der Waals surface area contributed by atoms with Gasteiger partial charge in [0.25, 0.3) is 0 Å². The minimum atomic E-state index is -0.959. The van der Waals surface area contributed by atoms with Crippen LogP contribution in [0.5, 0.6) is 0 Å². The Hall–Kier alpha value is -2.88. The number of hydrogen-bond donors (Lipinski definition) is 2. The number of likely N-dealkylation sites (N-methyl/N-ethyl adjacent to an activating group) is 1. The standard InChI is InChI=1S/C16H16N4O3/c1-2-18-13(21)14(22)20-9-16(7-10(20)8-17)11-5-3-4-6-12(11)19-15(16)23/h3-6,10H,2,7,9H2,1H3,(H,18,21)(H,19,23)/t10-,16-/m0/s1. The minimum Gasteiger partial charge on any atom is -0.348 e. The normalized spacial score (nSPS) is 25.0. The van der Waals surface area contributed by atoms with Crippen molar-refractivity contribution in [2.75, 3.05) is 18.4 Å². The maximum atomic E-state index is 12.5. The Labute approximate surface area is 133 Å². The molecule has 2 heterocycles. The topological polar surface area (TPSA) is 102 Å². The molecule has 0 bridgehead atoms. The third-order valence-electron chi connectivity index (χ3n) is 4.43.